The molecular formula is C16H29N3O2. The van der Waals surface area contributed by atoms with Gasteiger partial charge in [0.25, 0.3) is 0 Å². The summed E-state index contributed by atoms with van der Waals surface area (Å²) in [5.41, 5.74) is 0. The van der Waals surface area contributed by atoms with E-state index in [9.17, 15) is 9.59 Å². The molecule has 2 aliphatic rings. The zero-order valence-corrected chi connectivity index (χ0v) is 13.2. The van der Waals surface area contributed by atoms with Crippen LogP contribution in [0.3, 0.4) is 0 Å². The minimum atomic E-state index is 0.102. The van der Waals surface area contributed by atoms with Gasteiger partial charge >= 0.3 is 0 Å². The summed E-state index contributed by atoms with van der Waals surface area (Å²) in [5.74, 6) is 0.655. The van der Waals surface area contributed by atoms with Crippen molar-refractivity contribution in [2.45, 2.75) is 57.4 Å². The third-order valence-electron chi connectivity index (χ3n) is 4.71. The van der Waals surface area contributed by atoms with Crippen LogP contribution in [0, 0.1) is 5.92 Å². The highest BCUT2D eigenvalue weighted by molar-refractivity contribution is 5.78. The lowest BCUT2D eigenvalue weighted by atomic mass is 10.1. The van der Waals surface area contributed by atoms with Crippen molar-refractivity contribution < 1.29 is 9.59 Å². The predicted molar refractivity (Wildman–Crippen MR) is 82.9 cm³/mol. The molecule has 1 saturated heterocycles. The molecule has 1 aliphatic heterocycles. The monoisotopic (exact) mass is 295 g/mol. The van der Waals surface area contributed by atoms with Gasteiger partial charge in [-0.2, -0.15) is 0 Å². The minimum Gasteiger partial charge on any atom is -0.359 e. The van der Waals surface area contributed by atoms with Crippen molar-refractivity contribution in [3.05, 3.63) is 0 Å². The highest BCUT2D eigenvalue weighted by Gasteiger charge is 2.26. The van der Waals surface area contributed by atoms with E-state index < -0.39 is 0 Å². The Morgan fingerprint density at radius 1 is 1.05 bits per heavy atom. The summed E-state index contributed by atoms with van der Waals surface area (Å²) in [6.45, 7) is 2.28. The molecule has 21 heavy (non-hydrogen) atoms. The lowest BCUT2D eigenvalue weighted by Crippen LogP contribution is -2.41. The molecule has 0 bridgehead atoms. The standard InChI is InChI=1S/C16H29N3O2/c1-17-15(20)10-13-8-9-19(11-13)12-16(21)18-14-6-4-2-3-5-7-14/h13-14H,2-12H2,1H3,(H,17,20)(H,18,21)/t13-/m1/s1. The van der Waals surface area contributed by atoms with Gasteiger partial charge < -0.3 is 10.6 Å². The van der Waals surface area contributed by atoms with Crippen LogP contribution < -0.4 is 10.6 Å². The van der Waals surface area contributed by atoms with Gasteiger partial charge in [-0.1, -0.05) is 25.7 Å². The van der Waals surface area contributed by atoms with Gasteiger partial charge in [-0.15, -0.1) is 0 Å². The fourth-order valence-electron chi connectivity index (χ4n) is 3.49. The summed E-state index contributed by atoms with van der Waals surface area (Å²) in [6.07, 6.45) is 8.95. The van der Waals surface area contributed by atoms with Crippen molar-refractivity contribution in [2.75, 3.05) is 26.7 Å². The van der Waals surface area contributed by atoms with E-state index in [1.807, 2.05) is 0 Å². The fourth-order valence-corrected chi connectivity index (χ4v) is 3.49. The molecule has 1 saturated carbocycles. The summed E-state index contributed by atoms with van der Waals surface area (Å²) >= 11 is 0. The van der Waals surface area contributed by atoms with Crippen LogP contribution in [-0.2, 0) is 9.59 Å². The number of carbonyl (C=O) groups is 2. The van der Waals surface area contributed by atoms with Gasteiger partial charge in [0.1, 0.15) is 0 Å². The Kier molecular flexibility index (Phi) is 6.49. The van der Waals surface area contributed by atoms with E-state index >= 15 is 0 Å². The number of likely N-dealkylation sites (tertiary alicyclic amines) is 1. The first-order chi connectivity index (χ1) is 10.2. The van der Waals surface area contributed by atoms with Gasteiger partial charge in [0, 0.05) is 26.1 Å². The van der Waals surface area contributed by atoms with Gasteiger partial charge in [0.2, 0.25) is 11.8 Å². The molecule has 2 amide bonds. The van der Waals surface area contributed by atoms with Crippen LogP contribution in [-0.4, -0.2) is 49.4 Å². The first kappa shape index (κ1) is 16.3. The Morgan fingerprint density at radius 3 is 2.43 bits per heavy atom. The lowest BCUT2D eigenvalue weighted by molar-refractivity contribution is -0.122. The van der Waals surface area contributed by atoms with Crippen LogP contribution >= 0.6 is 0 Å². The average Bonchev–Trinajstić information content (AvgIpc) is 2.72. The van der Waals surface area contributed by atoms with E-state index in [4.69, 9.17) is 0 Å². The van der Waals surface area contributed by atoms with Crippen molar-refractivity contribution in [3.63, 3.8) is 0 Å². The molecule has 1 heterocycles. The van der Waals surface area contributed by atoms with Crippen LogP contribution in [0.4, 0.5) is 0 Å². The molecule has 0 radical (unpaired) electrons. The summed E-state index contributed by atoms with van der Waals surface area (Å²) in [6, 6.07) is 0.379. The van der Waals surface area contributed by atoms with Crippen molar-refractivity contribution >= 4 is 11.8 Å². The zero-order valence-electron chi connectivity index (χ0n) is 13.2. The smallest absolute Gasteiger partial charge is 0.234 e. The number of hydrogen-bond acceptors (Lipinski definition) is 3. The van der Waals surface area contributed by atoms with E-state index in [1.165, 1.54) is 25.7 Å². The molecule has 2 N–H and O–H groups in total. The van der Waals surface area contributed by atoms with Crippen LogP contribution in [0.1, 0.15) is 51.4 Å². The lowest BCUT2D eigenvalue weighted by Gasteiger charge is -2.20. The molecule has 0 aromatic heterocycles. The number of rotatable bonds is 5. The molecule has 2 fully saturated rings. The Balaban J connectivity index is 1.67. The number of amides is 2. The minimum absolute atomic E-state index is 0.102. The van der Waals surface area contributed by atoms with Gasteiger partial charge in [0.05, 0.1) is 6.54 Å². The third-order valence-corrected chi connectivity index (χ3v) is 4.71. The molecule has 2 rings (SSSR count). The number of hydrogen-bond donors (Lipinski definition) is 2. The second-order valence-electron chi connectivity index (χ2n) is 6.52. The summed E-state index contributed by atoms with van der Waals surface area (Å²) in [5, 5.41) is 5.86. The van der Waals surface area contributed by atoms with Crippen molar-refractivity contribution in [3.8, 4) is 0 Å². The van der Waals surface area contributed by atoms with Crippen LogP contribution in [0.2, 0.25) is 0 Å². The topological polar surface area (TPSA) is 61.4 Å². The number of nitrogens with one attached hydrogen (secondary N) is 2. The van der Waals surface area contributed by atoms with Gasteiger partial charge in [-0.05, 0) is 31.7 Å². The molecular weight excluding hydrogens is 266 g/mol. The van der Waals surface area contributed by atoms with Crippen molar-refractivity contribution in [2.24, 2.45) is 5.92 Å². The quantitative estimate of drug-likeness (QED) is 0.751. The molecule has 0 unspecified atom stereocenters. The Hall–Kier alpha value is -1.10. The van der Waals surface area contributed by atoms with Gasteiger partial charge in [-0.25, -0.2) is 0 Å². The summed E-state index contributed by atoms with van der Waals surface area (Å²) in [4.78, 5) is 25.7. The molecule has 0 spiro atoms. The highest BCUT2D eigenvalue weighted by atomic mass is 16.2. The Morgan fingerprint density at radius 2 is 1.76 bits per heavy atom. The maximum atomic E-state index is 12.1. The van der Waals surface area contributed by atoms with Crippen molar-refractivity contribution in [1.82, 2.24) is 15.5 Å². The molecule has 5 heteroatoms. The fraction of sp³-hybridized carbons (Fsp3) is 0.875. The molecule has 1 aliphatic carbocycles. The summed E-state index contributed by atoms with van der Waals surface area (Å²) < 4.78 is 0. The SMILES string of the molecule is CNC(=O)C[C@H]1CCN(CC(=O)NC2CCCCCC2)C1. The van der Waals surface area contributed by atoms with E-state index in [-0.39, 0.29) is 11.8 Å². The average molecular weight is 295 g/mol. The highest BCUT2D eigenvalue weighted by Crippen LogP contribution is 2.20. The molecule has 120 valence electrons. The van der Waals surface area contributed by atoms with Crippen molar-refractivity contribution in [1.29, 1.82) is 0 Å². The number of nitrogens with zero attached hydrogens (tertiary/aromatic N) is 1. The maximum Gasteiger partial charge on any atom is 0.234 e. The van der Waals surface area contributed by atoms with E-state index in [1.54, 1.807) is 7.05 Å². The molecule has 0 aromatic carbocycles. The zero-order chi connectivity index (χ0) is 15.1. The number of carbonyl (C=O) groups excluding carboxylic acids is 2. The molecule has 0 aromatic rings. The Bertz CT molecular complexity index is 351. The Labute approximate surface area is 127 Å². The van der Waals surface area contributed by atoms with Gasteiger partial charge in [-0.3, -0.25) is 14.5 Å². The molecule has 1 atom stereocenters. The third kappa shape index (κ3) is 5.65. The van der Waals surface area contributed by atoms with E-state index in [2.05, 4.69) is 15.5 Å². The van der Waals surface area contributed by atoms with Crippen LogP contribution in [0.25, 0.3) is 0 Å². The first-order valence-corrected chi connectivity index (χ1v) is 8.39. The predicted octanol–water partition coefficient (Wildman–Crippen LogP) is 1.28. The second kappa shape index (κ2) is 8.37. The van der Waals surface area contributed by atoms with Crippen LogP contribution in [0.5, 0.6) is 0 Å². The largest absolute Gasteiger partial charge is 0.359 e. The first-order valence-electron chi connectivity index (χ1n) is 8.39. The second-order valence-corrected chi connectivity index (χ2v) is 6.52. The van der Waals surface area contributed by atoms with Crippen LogP contribution in [0.15, 0.2) is 0 Å². The maximum absolute atomic E-state index is 12.1. The normalized spacial score (nSPS) is 24.5. The molecule has 5 nitrogen and oxygen atoms in total. The van der Waals surface area contributed by atoms with E-state index in [0.717, 1.165) is 32.4 Å². The summed E-state index contributed by atoms with van der Waals surface area (Å²) in [7, 11) is 1.68. The van der Waals surface area contributed by atoms with E-state index in [0.29, 0.717) is 24.9 Å². The van der Waals surface area contributed by atoms with Gasteiger partial charge in [0.15, 0.2) is 0 Å².